The second-order valence-electron chi connectivity index (χ2n) is 5.71. The molecule has 6 heteroatoms. The standard InChI is InChI=1S/C16H17N3O2S/c1-21-18-12(10-4-5-10)9-13-14-3-2-7-19(14)16-11(6-8-22-16)15(20)17-13/h2-3,6-8,10,13H,4-5,9H2,1H3,(H,17,20)/b18-12-. The summed E-state index contributed by atoms with van der Waals surface area (Å²) in [5, 5.41) is 10.3. The van der Waals surface area contributed by atoms with E-state index in [-0.39, 0.29) is 11.9 Å². The predicted octanol–water partition coefficient (Wildman–Crippen LogP) is 3.13. The van der Waals surface area contributed by atoms with E-state index >= 15 is 0 Å². The highest BCUT2D eigenvalue weighted by Crippen LogP contribution is 2.36. The molecule has 1 aliphatic heterocycles. The van der Waals surface area contributed by atoms with Gasteiger partial charge in [-0.2, -0.15) is 0 Å². The zero-order chi connectivity index (χ0) is 15.1. The SMILES string of the molecule is CO/N=C(/CC1NC(=O)c2ccsc2-n2cccc21)C1CC1. The van der Waals surface area contributed by atoms with Crippen molar-refractivity contribution in [2.75, 3.05) is 7.11 Å². The van der Waals surface area contributed by atoms with E-state index in [4.69, 9.17) is 4.84 Å². The Hall–Kier alpha value is -2.08. The molecule has 1 amide bonds. The number of carbonyl (C=O) groups is 1. The molecule has 1 atom stereocenters. The highest BCUT2D eigenvalue weighted by Gasteiger charge is 2.33. The van der Waals surface area contributed by atoms with E-state index in [9.17, 15) is 4.79 Å². The number of fused-ring (bicyclic) bond motifs is 3. The molecule has 1 unspecified atom stereocenters. The quantitative estimate of drug-likeness (QED) is 0.696. The molecule has 0 bridgehead atoms. The summed E-state index contributed by atoms with van der Waals surface area (Å²) in [5.41, 5.74) is 2.88. The Labute approximate surface area is 132 Å². The first-order chi connectivity index (χ1) is 10.8. The summed E-state index contributed by atoms with van der Waals surface area (Å²) in [7, 11) is 1.58. The maximum absolute atomic E-state index is 12.5. The summed E-state index contributed by atoms with van der Waals surface area (Å²) in [6, 6.07) is 5.90. The maximum atomic E-state index is 12.5. The van der Waals surface area contributed by atoms with Crippen molar-refractivity contribution in [2.45, 2.75) is 25.3 Å². The molecule has 1 aliphatic carbocycles. The van der Waals surface area contributed by atoms with Crippen molar-refractivity contribution >= 4 is 23.0 Å². The summed E-state index contributed by atoms with van der Waals surface area (Å²) in [6.07, 6.45) is 5.04. The molecule has 4 rings (SSSR count). The number of nitrogens with zero attached hydrogens (tertiary/aromatic N) is 2. The minimum atomic E-state index is -0.0726. The van der Waals surface area contributed by atoms with E-state index < -0.39 is 0 Å². The Balaban J connectivity index is 1.71. The molecule has 0 spiro atoms. The van der Waals surface area contributed by atoms with Crippen LogP contribution < -0.4 is 5.32 Å². The number of rotatable bonds is 4. The van der Waals surface area contributed by atoms with E-state index in [2.05, 4.69) is 21.1 Å². The maximum Gasteiger partial charge on any atom is 0.254 e. The van der Waals surface area contributed by atoms with E-state index in [1.165, 1.54) is 0 Å². The van der Waals surface area contributed by atoms with Crippen LogP contribution in [-0.4, -0.2) is 23.3 Å². The normalized spacial score (nSPS) is 20.9. The molecule has 114 valence electrons. The number of carbonyl (C=O) groups excluding carboxylic acids is 1. The van der Waals surface area contributed by atoms with Gasteiger partial charge in [-0.25, -0.2) is 0 Å². The summed E-state index contributed by atoms with van der Waals surface area (Å²) in [4.78, 5) is 17.5. The number of nitrogens with one attached hydrogen (secondary N) is 1. The fourth-order valence-corrected chi connectivity index (χ4v) is 3.91. The van der Waals surface area contributed by atoms with Crippen LogP contribution in [0.5, 0.6) is 0 Å². The zero-order valence-electron chi connectivity index (χ0n) is 12.3. The minimum Gasteiger partial charge on any atom is -0.399 e. The summed E-state index contributed by atoms with van der Waals surface area (Å²) in [6.45, 7) is 0. The van der Waals surface area contributed by atoms with Crippen molar-refractivity contribution in [1.29, 1.82) is 0 Å². The highest BCUT2D eigenvalue weighted by molar-refractivity contribution is 7.13. The first kappa shape index (κ1) is 13.6. The third-order valence-corrected chi connectivity index (χ3v) is 5.13. The number of thiophene rings is 1. The number of hydrogen-bond donors (Lipinski definition) is 1. The predicted molar refractivity (Wildman–Crippen MR) is 85.6 cm³/mol. The Morgan fingerprint density at radius 1 is 1.50 bits per heavy atom. The van der Waals surface area contributed by atoms with Gasteiger partial charge in [-0.1, -0.05) is 5.16 Å². The second-order valence-corrected chi connectivity index (χ2v) is 6.61. The lowest BCUT2D eigenvalue weighted by Gasteiger charge is -2.18. The topological polar surface area (TPSA) is 55.6 Å². The van der Waals surface area contributed by atoms with Crippen LogP contribution in [0.2, 0.25) is 0 Å². The van der Waals surface area contributed by atoms with Crippen LogP contribution in [0, 0.1) is 5.92 Å². The summed E-state index contributed by atoms with van der Waals surface area (Å²) < 4.78 is 2.11. The van der Waals surface area contributed by atoms with E-state index in [1.807, 2.05) is 23.7 Å². The van der Waals surface area contributed by atoms with Gasteiger partial charge in [0.15, 0.2) is 0 Å². The first-order valence-electron chi connectivity index (χ1n) is 7.44. The molecule has 2 aromatic rings. The molecule has 0 radical (unpaired) electrons. The molecule has 1 saturated carbocycles. The van der Waals surface area contributed by atoms with Gasteiger partial charge in [-0.05, 0) is 36.4 Å². The molecule has 22 heavy (non-hydrogen) atoms. The average Bonchev–Trinajstić information content (AvgIpc) is 3.07. The molecular formula is C16H17N3O2S. The fraction of sp³-hybridized carbons (Fsp3) is 0.375. The van der Waals surface area contributed by atoms with Gasteiger partial charge in [-0.3, -0.25) is 4.79 Å². The Bertz CT molecular complexity index is 742. The van der Waals surface area contributed by atoms with Gasteiger partial charge < -0.3 is 14.7 Å². The Kier molecular flexibility index (Phi) is 3.26. The van der Waals surface area contributed by atoms with Crippen LogP contribution in [0.4, 0.5) is 0 Å². The molecule has 3 heterocycles. The van der Waals surface area contributed by atoms with Crippen LogP contribution in [-0.2, 0) is 4.84 Å². The van der Waals surface area contributed by atoms with Crippen molar-refractivity contribution in [3.05, 3.63) is 41.0 Å². The average molecular weight is 315 g/mol. The lowest BCUT2D eigenvalue weighted by atomic mass is 10.0. The molecule has 0 saturated heterocycles. The van der Waals surface area contributed by atoms with Crippen molar-refractivity contribution < 1.29 is 9.63 Å². The molecule has 5 nitrogen and oxygen atoms in total. The third-order valence-electron chi connectivity index (χ3n) is 4.22. The number of hydrogen-bond acceptors (Lipinski definition) is 4. The Morgan fingerprint density at radius 2 is 2.36 bits per heavy atom. The van der Waals surface area contributed by atoms with Crippen molar-refractivity contribution in [2.24, 2.45) is 11.1 Å². The van der Waals surface area contributed by atoms with E-state index in [0.29, 0.717) is 12.3 Å². The lowest BCUT2D eigenvalue weighted by molar-refractivity contribution is 0.0940. The van der Waals surface area contributed by atoms with E-state index in [0.717, 1.165) is 34.8 Å². The highest BCUT2D eigenvalue weighted by atomic mass is 32.1. The molecule has 1 N–H and O–H groups in total. The zero-order valence-corrected chi connectivity index (χ0v) is 13.1. The van der Waals surface area contributed by atoms with Crippen molar-refractivity contribution in [3.63, 3.8) is 0 Å². The number of amides is 1. The molecule has 0 aromatic carbocycles. The lowest BCUT2D eigenvalue weighted by Crippen LogP contribution is -2.29. The van der Waals surface area contributed by atoms with Crippen molar-refractivity contribution in [1.82, 2.24) is 9.88 Å². The second kappa shape index (κ2) is 5.28. The van der Waals surface area contributed by atoms with Crippen molar-refractivity contribution in [3.8, 4) is 5.00 Å². The molecule has 2 aliphatic rings. The number of oxime groups is 1. The van der Waals surface area contributed by atoms with Gasteiger partial charge >= 0.3 is 0 Å². The first-order valence-corrected chi connectivity index (χ1v) is 8.32. The van der Waals surface area contributed by atoms with Crippen LogP contribution in [0.1, 0.15) is 41.4 Å². The minimum absolute atomic E-state index is 0.0162. The molecular weight excluding hydrogens is 298 g/mol. The van der Waals surface area contributed by atoms with Gasteiger partial charge in [0.1, 0.15) is 12.1 Å². The summed E-state index contributed by atoms with van der Waals surface area (Å²) >= 11 is 1.59. The van der Waals surface area contributed by atoms with Gasteiger partial charge in [0, 0.05) is 24.2 Å². The largest absolute Gasteiger partial charge is 0.399 e. The van der Waals surface area contributed by atoms with Crippen LogP contribution in [0.3, 0.4) is 0 Å². The summed E-state index contributed by atoms with van der Waals surface area (Å²) in [5.74, 6) is 0.495. The van der Waals surface area contributed by atoms with E-state index in [1.54, 1.807) is 18.4 Å². The fourth-order valence-electron chi connectivity index (χ4n) is 3.01. The molecule has 2 aromatic heterocycles. The Morgan fingerprint density at radius 3 is 3.14 bits per heavy atom. The van der Waals surface area contributed by atoms with Gasteiger partial charge in [-0.15, -0.1) is 11.3 Å². The van der Waals surface area contributed by atoms with Gasteiger partial charge in [0.05, 0.1) is 17.3 Å². The third kappa shape index (κ3) is 2.23. The van der Waals surface area contributed by atoms with Crippen LogP contribution in [0.25, 0.3) is 5.00 Å². The van der Waals surface area contributed by atoms with Crippen LogP contribution in [0.15, 0.2) is 34.9 Å². The number of aromatic nitrogens is 1. The van der Waals surface area contributed by atoms with Gasteiger partial charge in [0.25, 0.3) is 5.91 Å². The molecule has 1 fully saturated rings. The monoisotopic (exact) mass is 315 g/mol. The smallest absolute Gasteiger partial charge is 0.254 e. The van der Waals surface area contributed by atoms with Crippen LogP contribution >= 0.6 is 11.3 Å². The van der Waals surface area contributed by atoms with Gasteiger partial charge in [0.2, 0.25) is 0 Å².